The number of carbonyl (C=O) groups excluding carboxylic acids is 2. The highest BCUT2D eigenvalue weighted by atomic mass is 32.1. The van der Waals surface area contributed by atoms with Gasteiger partial charge in [-0.2, -0.15) is 5.10 Å². The molecule has 1 atom stereocenters. The van der Waals surface area contributed by atoms with Crippen molar-refractivity contribution < 1.29 is 14.3 Å². The topological polar surface area (TPSA) is 98.1 Å². The molecule has 3 aromatic heterocycles. The van der Waals surface area contributed by atoms with Crippen LogP contribution in [0.2, 0.25) is 0 Å². The third kappa shape index (κ3) is 4.71. The molecule has 1 aromatic carbocycles. The summed E-state index contributed by atoms with van der Waals surface area (Å²) in [5.74, 6) is -0.559. The van der Waals surface area contributed by atoms with Gasteiger partial charge in [0.25, 0.3) is 11.8 Å². The molecule has 34 heavy (non-hydrogen) atoms. The molecule has 1 unspecified atom stereocenters. The van der Waals surface area contributed by atoms with Crippen LogP contribution in [0.5, 0.6) is 0 Å². The first kappa shape index (κ1) is 22.2. The molecule has 9 heteroatoms. The molecule has 0 aliphatic carbocycles. The lowest BCUT2D eigenvalue weighted by Crippen LogP contribution is -2.32. The summed E-state index contributed by atoms with van der Waals surface area (Å²) in [4.78, 5) is 31.9. The average molecular weight is 476 g/mol. The van der Waals surface area contributed by atoms with Gasteiger partial charge >= 0.3 is 0 Å². The zero-order valence-corrected chi connectivity index (χ0v) is 19.6. The van der Waals surface area contributed by atoms with Crippen LogP contribution in [0.3, 0.4) is 0 Å². The number of nitrogens with zero attached hydrogens (tertiary/aromatic N) is 3. The quantitative estimate of drug-likeness (QED) is 0.421. The van der Waals surface area contributed by atoms with Crippen LogP contribution in [-0.2, 0) is 11.3 Å². The molecule has 8 nitrogen and oxygen atoms in total. The second-order valence-corrected chi connectivity index (χ2v) is 9.31. The molecule has 5 rings (SSSR count). The highest BCUT2D eigenvalue weighted by molar-refractivity contribution is 7.09. The number of fused-ring (bicyclic) bond motifs is 1. The van der Waals surface area contributed by atoms with Crippen LogP contribution in [0, 0.1) is 6.92 Å². The molecule has 0 radical (unpaired) electrons. The van der Waals surface area contributed by atoms with Gasteiger partial charge in [-0.3, -0.25) is 9.59 Å². The van der Waals surface area contributed by atoms with Crippen molar-refractivity contribution in [3.05, 3.63) is 75.7 Å². The van der Waals surface area contributed by atoms with E-state index in [0.29, 0.717) is 46.6 Å². The Balaban J connectivity index is 1.38. The highest BCUT2D eigenvalue weighted by Crippen LogP contribution is 2.23. The SMILES string of the molecule is Cc1cc(C(=O)Nc2ccccc2C(=O)NCC2CCCO2)c2cnn(Cc3cccs3)c2n1. The van der Waals surface area contributed by atoms with Crippen LogP contribution in [-0.4, -0.2) is 45.8 Å². The summed E-state index contributed by atoms with van der Waals surface area (Å²) in [6.45, 7) is 3.63. The second kappa shape index (κ2) is 9.74. The summed E-state index contributed by atoms with van der Waals surface area (Å²) in [7, 11) is 0. The Labute approximate surface area is 201 Å². The average Bonchev–Trinajstić information content (AvgIpc) is 3.61. The van der Waals surface area contributed by atoms with Gasteiger partial charge in [0.2, 0.25) is 0 Å². The van der Waals surface area contributed by atoms with Crippen LogP contribution < -0.4 is 10.6 Å². The Morgan fingerprint density at radius 3 is 2.85 bits per heavy atom. The second-order valence-electron chi connectivity index (χ2n) is 8.27. The summed E-state index contributed by atoms with van der Waals surface area (Å²) in [6.07, 6.45) is 3.67. The molecule has 1 fully saturated rings. The van der Waals surface area contributed by atoms with Gasteiger partial charge in [0, 0.05) is 23.7 Å². The zero-order chi connectivity index (χ0) is 23.5. The van der Waals surface area contributed by atoms with E-state index in [1.165, 1.54) is 0 Å². The molecule has 1 aliphatic heterocycles. The smallest absolute Gasteiger partial charge is 0.256 e. The van der Waals surface area contributed by atoms with Gasteiger partial charge in [0.1, 0.15) is 0 Å². The van der Waals surface area contributed by atoms with E-state index in [4.69, 9.17) is 4.74 Å². The first-order valence-electron chi connectivity index (χ1n) is 11.2. The fraction of sp³-hybridized carbons (Fsp3) is 0.280. The van der Waals surface area contributed by atoms with Crippen molar-refractivity contribution in [1.82, 2.24) is 20.1 Å². The summed E-state index contributed by atoms with van der Waals surface area (Å²) >= 11 is 1.65. The molecule has 4 heterocycles. The Bertz CT molecular complexity index is 1330. The van der Waals surface area contributed by atoms with Gasteiger partial charge in [0.15, 0.2) is 5.65 Å². The van der Waals surface area contributed by atoms with Gasteiger partial charge in [-0.1, -0.05) is 18.2 Å². The number of hydrogen-bond donors (Lipinski definition) is 2. The van der Waals surface area contributed by atoms with E-state index in [-0.39, 0.29) is 17.9 Å². The number of aromatic nitrogens is 3. The predicted molar refractivity (Wildman–Crippen MR) is 131 cm³/mol. The number of hydrogen-bond acceptors (Lipinski definition) is 6. The van der Waals surface area contributed by atoms with Gasteiger partial charge in [-0.25, -0.2) is 9.67 Å². The Morgan fingerprint density at radius 2 is 2.06 bits per heavy atom. The lowest BCUT2D eigenvalue weighted by Gasteiger charge is -2.14. The molecule has 0 bridgehead atoms. The molecular weight excluding hydrogens is 450 g/mol. The van der Waals surface area contributed by atoms with E-state index in [9.17, 15) is 9.59 Å². The third-order valence-electron chi connectivity index (χ3n) is 5.80. The Morgan fingerprint density at radius 1 is 1.18 bits per heavy atom. The lowest BCUT2D eigenvalue weighted by molar-refractivity contribution is 0.0858. The number of thiophene rings is 1. The monoisotopic (exact) mass is 475 g/mol. The largest absolute Gasteiger partial charge is 0.376 e. The van der Waals surface area contributed by atoms with Crippen molar-refractivity contribution in [1.29, 1.82) is 0 Å². The molecule has 0 saturated carbocycles. The first-order chi connectivity index (χ1) is 16.6. The summed E-state index contributed by atoms with van der Waals surface area (Å²) < 4.78 is 7.38. The zero-order valence-electron chi connectivity index (χ0n) is 18.8. The van der Waals surface area contributed by atoms with E-state index in [1.807, 2.05) is 24.4 Å². The van der Waals surface area contributed by atoms with E-state index < -0.39 is 0 Å². The molecule has 1 aliphatic rings. The number of pyridine rings is 1. The molecule has 2 N–H and O–H groups in total. The highest BCUT2D eigenvalue weighted by Gasteiger charge is 2.20. The predicted octanol–water partition coefficient (Wildman–Crippen LogP) is 4.01. The minimum atomic E-state index is -0.314. The molecule has 1 saturated heterocycles. The van der Waals surface area contributed by atoms with E-state index >= 15 is 0 Å². The molecular formula is C25H25N5O3S. The minimum absolute atomic E-state index is 0.0458. The van der Waals surface area contributed by atoms with E-state index in [2.05, 4.69) is 20.7 Å². The Hall–Kier alpha value is -3.56. The van der Waals surface area contributed by atoms with Crippen LogP contribution in [0.25, 0.3) is 11.0 Å². The number of rotatable bonds is 7. The maximum Gasteiger partial charge on any atom is 0.256 e. The van der Waals surface area contributed by atoms with E-state index in [1.54, 1.807) is 52.5 Å². The summed E-state index contributed by atoms with van der Waals surface area (Å²) in [5.41, 5.74) is 2.69. The van der Waals surface area contributed by atoms with Gasteiger partial charge in [0.05, 0.1) is 41.0 Å². The maximum atomic E-state index is 13.3. The van der Waals surface area contributed by atoms with Crippen LogP contribution in [0.1, 0.15) is 44.1 Å². The number of nitrogens with one attached hydrogen (secondary N) is 2. The lowest BCUT2D eigenvalue weighted by atomic mass is 10.1. The number of ether oxygens (including phenoxy) is 1. The van der Waals surface area contributed by atoms with Crippen molar-refractivity contribution in [2.24, 2.45) is 0 Å². The fourth-order valence-electron chi connectivity index (χ4n) is 4.11. The molecule has 2 amide bonds. The number of amides is 2. The Kier molecular flexibility index (Phi) is 6.37. The van der Waals surface area contributed by atoms with Crippen molar-refractivity contribution in [2.75, 3.05) is 18.5 Å². The van der Waals surface area contributed by atoms with Crippen molar-refractivity contribution in [3.63, 3.8) is 0 Å². The van der Waals surface area contributed by atoms with E-state index in [0.717, 1.165) is 24.3 Å². The number of aryl methyl sites for hydroxylation is 1. The van der Waals surface area contributed by atoms with Crippen molar-refractivity contribution >= 4 is 39.9 Å². The normalized spacial score (nSPS) is 15.5. The first-order valence-corrected chi connectivity index (χ1v) is 12.1. The van der Waals surface area contributed by atoms with Crippen LogP contribution in [0.15, 0.2) is 54.0 Å². The number of para-hydroxylation sites is 1. The van der Waals surface area contributed by atoms with Crippen molar-refractivity contribution in [2.45, 2.75) is 32.4 Å². The molecule has 0 spiro atoms. The number of benzene rings is 1. The minimum Gasteiger partial charge on any atom is -0.376 e. The summed E-state index contributed by atoms with van der Waals surface area (Å²) in [5, 5.41) is 13.0. The van der Waals surface area contributed by atoms with Gasteiger partial charge < -0.3 is 15.4 Å². The number of anilines is 1. The number of carbonyl (C=O) groups is 2. The van der Waals surface area contributed by atoms with Crippen LogP contribution >= 0.6 is 11.3 Å². The third-order valence-corrected chi connectivity index (χ3v) is 6.66. The van der Waals surface area contributed by atoms with Crippen molar-refractivity contribution in [3.8, 4) is 0 Å². The molecule has 174 valence electrons. The summed E-state index contributed by atoms with van der Waals surface area (Å²) in [6, 6.07) is 12.8. The molecule has 4 aromatic rings. The van der Waals surface area contributed by atoms with Gasteiger partial charge in [-0.05, 0) is 49.4 Å². The van der Waals surface area contributed by atoms with Gasteiger partial charge in [-0.15, -0.1) is 11.3 Å². The maximum absolute atomic E-state index is 13.3. The van der Waals surface area contributed by atoms with Crippen LogP contribution in [0.4, 0.5) is 5.69 Å². The standard InChI is InChI=1S/C25H25N5O3S/c1-16-12-20(21-14-27-30(23(21)28-16)15-18-7-5-11-34-18)25(32)29-22-9-3-2-8-19(22)24(31)26-13-17-6-4-10-33-17/h2-3,5,7-9,11-12,14,17H,4,6,10,13,15H2,1H3,(H,26,31)(H,29,32). The fourth-order valence-corrected chi connectivity index (χ4v) is 4.80.